The lowest BCUT2D eigenvalue weighted by atomic mass is 10.1. The van der Waals surface area contributed by atoms with Gasteiger partial charge in [-0.25, -0.2) is 8.78 Å². The fourth-order valence-electron chi connectivity index (χ4n) is 1.86. The molecule has 6 heteroatoms. The summed E-state index contributed by atoms with van der Waals surface area (Å²) < 4.78 is 27.5. The Morgan fingerprint density at radius 3 is 2.62 bits per heavy atom. The standard InChI is InChI=1S/C15H13BrF2N2S/c1-9(13-6-5-11(17)8-14(13)18)19-15(21)20-12-4-2-3-10(16)7-12/h2-9H,1H3,(H2,19,20,21)/t9-/m1/s1. The van der Waals surface area contributed by atoms with E-state index in [9.17, 15) is 8.78 Å². The Kier molecular flexibility index (Phi) is 5.25. The van der Waals surface area contributed by atoms with Crippen LogP contribution in [-0.4, -0.2) is 5.11 Å². The highest BCUT2D eigenvalue weighted by atomic mass is 79.9. The highest BCUT2D eigenvalue weighted by Gasteiger charge is 2.12. The summed E-state index contributed by atoms with van der Waals surface area (Å²) in [6.07, 6.45) is 0. The van der Waals surface area contributed by atoms with Gasteiger partial charge in [-0.15, -0.1) is 0 Å². The molecule has 21 heavy (non-hydrogen) atoms. The smallest absolute Gasteiger partial charge is 0.171 e. The maximum Gasteiger partial charge on any atom is 0.171 e. The topological polar surface area (TPSA) is 24.1 Å². The van der Waals surface area contributed by atoms with Crippen molar-refractivity contribution < 1.29 is 8.78 Å². The van der Waals surface area contributed by atoms with Crippen LogP contribution >= 0.6 is 28.1 Å². The number of thiocarbonyl (C=S) groups is 1. The fraction of sp³-hybridized carbons (Fsp3) is 0.133. The average molecular weight is 371 g/mol. The van der Waals surface area contributed by atoms with Gasteiger partial charge in [0.2, 0.25) is 0 Å². The molecule has 0 aromatic heterocycles. The van der Waals surface area contributed by atoms with Crippen molar-refractivity contribution in [3.05, 3.63) is 64.1 Å². The molecule has 2 aromatic rings. The number of nitrogens with one attached hydrogen (secondary N) is 2. The van der Waals surface area contributed by atoms with Gasteiger partial charge in [0.25, 0.3) is 0 Å². The molecule has 0 fully saturated rings. The summed E-state index contributed by atoms with van der Waals surface area (Å²) in [5, 5.41) is 6.34. The molecular formula is C15H13BrF2N2S. The second-order valence-corrected chi connectivity index (χ2v) is 5.82. The van der Waals surface area contributed by atoms with Gasteiger partial charge in [-0.1, -0.05) is 28.1 Å². The van der Waals surface area contributed by atoms with Crippen LogP contribution in [0.25, 0.3) is 0 Å². The summed E-state index contributed by atoms with van der Waals surface area (Å²) >= 11 is 8.56. The van der Waals surface area contributed by atoms with Gasteiger partial charge in [0.15, 0.2) is 5.11 Å². The molecule has 1 atom stereocenters. The van der Waals surface area contributed by atoms with Crippen molar-refractivity contribution in [1.82, 2.24) is 5.32 Å². The second-order valence-electron chi connectivity index (χ2n) is 4.50. The first-order valence-corrected chi connectivity index (χ1v) is 7.44. The summed E-state index contributed by atoms with van der Waals surface area (Å²) in [6.45, 7) is 1.76. The normalized spacial score (nSPS) is 11.8. The molecule has 0 radical (unpaired) electrons. The van der Waals surface area contributed by atoms with E-state index in [-0.39, 0.29) is 6.04 Å². The molecule has 110 valence electrons. The molecule has 0 saturated carbocycles. The molecule has 2 N–H and O–H groups in total. The maximum atomic E-state index is 13.7. The minimum Gasteiger partial charge on any atom is -0.356 e. The van der Waals surface area contributed by atoms with Gasteiger partial charge in [0.1, 0.15) is 11.6 Å². The average Bonchev–Trinajstić information content (AvgIpc) is 2.38. The number of hydrogen-bond acceptors (Lipinski definition) is 1. The van der Waals surface area contributed by atoms with Crippen LogP contribution < -0.4 is 10.6 Å². The monoisotopic (exact) mass is 370 g/mol. The van der Waals surface area contributed by atoms with Crippen molar-refractivity contribution in [2.75, 3.05) is 5.32 Å². The molecule has 0 saturated heterocycles. The van der Waals surface area contributed by atoms with E-state index < -0.39 is 11.6 Å². The molecule has 2 aromatic carbocycles. The van der Waals surface area contributed by atoms with E-state index in [1.807, 2.05) is 24.3 Å². The van der Waals surface area contributed by atoms with E-state index in [1.54, 1.807) is 6.92 Å². The van der Waals surface area contributed by atoms with Crippen LogP contribution in [0.3, 0.4) is 0 Å². The molecule has 2 nitrogen and oxygen atoms in total. The molecule has 0 bridgehead atoms. The first-order valence-electron chi connectivity index (χ1n) is 6.24. The van der Waals surface area contributed by atoms with Gasteiger partial charge < -0.3 is 10.6 Å². The molecule has 0 aliphatic rings. The number of benzene rings is 2. The zero-order chi connectivity index (χ0) is 15.4. The Labute approximate surface area is 135 Å². The van der Waals surface area contributed by atoms with Crippen molar-refractivity contribution >= 4 is 38.9 Å². The first kappa shape index (κ1) is 15.9. The van der Waals surface area contributed by atoms with E-state index >= 15 is 0 Å². The van der Waals surface area contributed by atoms with E-state index in [1.165, 1.54) is 12.1 Å². The second kappa shape index (κ2) is 6.95. The van der Waals surface area contributed by atoms with Gasteiger partial charge in [-0.05, 0) is 43.4 Å². The lowest BCUT2D eigenvalue weighted by Gasteiger charge is -2.18. The SMILES string of the molecule is C[C@@H](NC(=S)Nc1cccc(Br)c1)c1ccc(F)cc1F. The molecule has 0 spiro atoms. The summed E-state index contributed by atoms with van der Waals surface area (Å²) in [5.41, 5.74) is 1.17. The van der Waals surface area contributed by atoms with E-state index in [0.29, 0.717) is 10.7 Å². The van der Waals surface area contributed by atoms with Crippen molar-refractivity contribution in [3.8, 4) is 0 Å². The van der Waals surface area contributed by atoms with Crippen LogP contribution in [0.4, 0.5) is 14.5 Å². The Morgan fingerprint density at radius 1 is 1.19 bits per heavy atom. The fourth-order valence-corrected chi connectivity index (χ4v) is 2.55. The van der Waals surface area contributed by atoms with Crippen molar-refractivity contribution in [1.29, 1.82) is 0 Å². The van der Waals surface area contributed by atoms with Gasteiger partial charge >= 0.3 is 0 Å². The summed E-state index contributed by atoms with van der Waals surface area (Å²) in [7, 11) is 0. The summed E-state index contributed by atoms with van der Waals surface area (Å²) in [6, 6.07) is 10.6. The van der Waals surface area contributed by atoms with Crippen molar-refractivity contribution in [3.63, 3.8) is 0 Å². The van der Waals surface area contributed by atoms with Crippen molar-refractivity contribution in [2.45, 2.75) is 13.0 Å². The first-order chi connectivity index (χ1) is 9.95. The summed E-state index contributed by atoms with van der Waals surface area (Å²) in [4.78, 5) is 0. The Morgan fingerprint density at radius 2 is 1.95 bits per heavy atom. The summed E-state index contributed by atoms with van der Waals surface area (Å²) in [5.74, 6) is -1.20. The third kappa shape index (κ3) is 4.47. The van der Waals surface area contributed by atoms with Gasteiger partial charge in [0, 0.05) is 21.8 Å². The van der Waals surface area contributed by atoms with Crippen LogP contribution in [-0.2, 0) is 0 Å². The minimum absolute atomic E-state index is 0.356. The van der Waals surface area contributed by atoms with Crippen LogP contribution in [0, 0.1) is 11.6 Å². The molecule has 0 heterocycles. The molecule has 0 amide bonds. The number of hydrogen-bond donors (Lipinski definition) is 2. The number of anilines is 1. The van der Waals surface area contributed by atoms with Gasteiger partial charge in [-0.3, -0.25) is 0 Å². The lowest BCUT2D eigenvalue weighted by Crippen LogP contribution is -2.31. The maximum absolute atomic E-state index is 13.7. The zero-order valence-electron chi connectivity index (χ0n) is 11.2. The number of halogens is 3. The van der Waals surface area contributed by atoms with Crippen LogP contribution in [0.1, 0.15) is 18.5 Å². The Bertz CT molecular complexity index is 664. The van der Waals surface area contributed by atoms with Gasteiger partial charge in [0.05, 0.1) is 6.04 Å². The predicted molar refractivity (Wildman–Crippen MR) is 88.3 cm³/mol. The zero-order valence-corrected chi connectivity index (χ0v) is 13.6. The highest BCUT2D eigenvalue weighted by molar-refractivity contribution is 9.10. The number of rotatable bonds is 3. The largest absolute Gasteiger partial charge is 0.356 e. The van der Waals surface area contributed by atoms with E-state index in [0.717, 1.165) is 16.2 Å². The lowest BCUT2D eigenvalue weighted by molar-refractivity contribution is 0.554. The van der Waals surface area contributed by atoms with E-state index in [2.05, 4.69) is 26.6 Å². The molecule has 0 unspecified atom stereocenters. The minimum atomic E-state index is -0.599. The molecular weight excluding hydrogens is 358 g/mol. The Balaban J connectivity index is 2.02. The molecule has 0 aliphatic heterocycles. The quantitative estimate of drug-likeness (QED) is 0.760. The third-order valence-electron chi connectivity index (χ3n) is 2.86. The van der Waals surface area contributed by atoms with Gasteiger partial charge in [-0.2, -0.15) is 0 Å². The van der Waals surface area contributed by atoms with Crippen LogP contribution in [0.2, 0.25) is 0 Å². The van der Waals surface area contributed by atoms with E-state index in [4.69, 9.17) is 12.2 Å². The molecule has 2 rings (SSSR count). The molecule has 0 aliphatic carbocycles. The van der Waals surface area contributed by atoms with Crippen LogP contribution in [0.15, 0.2) is 46.9 Å². The highest BCUT2D eigenvalue weighted by Crippen LogP contribution is 2.19. The van der Waals surface area contributed by atoms with Crippen LogP contribution in [0.5, 0.6) is 0 Å². The predicted octanol–water partition coefficient (Wildman–Crippen LogP) is 4.77. The Hall–Kier alpha value is -1.53. The van der Waals surface area contributed by atoms with Crippen molar-refractivity contribution in [2.24, 2.45) is 0 Å². The third-order valence-corrected chi connectivity index (χ3v) is 3.57.